The van der Waals surface area contributed by atoms with E-state index < -0.39 is 17.5 Å². The SMILES string of the molecule is Cc1ccc([C@H](C)NC(=O)CN2C(=O)N[C@](C)(c3ccc(C(C)C)cc3)C2=O)cc1C. The van der Waals surface area contributed by atoms with Crippen molar-refractivity contribution >= 4 is 17.8 Å². The zero-order chi connectivity index (χ0) is 22.9. The Morgan fingerprint density at radius 3 is 2.19 bits per heavy atom. The minimum Gasteiger partial charge on any atom is -0.348 e. The Hall–Kier alpha value is -3.15. The number of nitrogens with zero attached hydrogens (tertiary/aromatic N) is 1. The summed E-state index contributed by atoms with van der Waals surface area (Å²) in [4.78, 5) is 39.2. The molecule has 2 aromatic rings. The van der Waals surface area contributed by atoms with E-state index in [9.17, 15) is 14.4 Å². The molecule has 1 saturated heterocycles. The van der Waals surface area contributed by atoms with Crippen LogP contribution in [0.25, 0.3) is 0 Å². The van der Waals surface area contributed by atoms with Gasteiger partial charge in [-0.25, -0.2) is 4.79 Å². The Morgan fingerprint density at radius 2 is 1.61 bits per heavy atom. The Labute approximate surface area is 184 Å². The fraction of sp³-hybridized carbons (Fsp3) is 0.400. The average Bonchev–Trinajstić information content (AvgIpc) is 2.94. The summed E-state index contributed by atoms with van der Waals surface area (Å²) in [7, 11) is 0. The number of hydrogen-bond acceptors (Lipinski definition) is 3. The second-order valence-corrected chi connectivity index (χ2v) is 8.86. The first-order valence-electron chi connectivity index (χ1n) is 10.6. The monoisotopic (exact) mass is 421 g/mol. The van der Waals surface area contributed by atoms with Gasteiger partial charge in [-0.05, 0) is 61.4 Å². The van der Waals surface area contributed by atoms with Crippen molar-refractivity contribution in [3.05, 3.63) is 70.3 Å². The molecule has 6 nitrogen and oxygen atoms in total. The van der Waals surface area contributed by atoms with Gasteiger partial charge in [-0.1, -0.05) is 56.3 Å². The number of aryl methyl sites for hydroxylation is 2. The largest absolute Gasteiger partial charge is 0.348 e. The molecule has 4 amide bonds. The van der Waals surface area contributed by atoms with Crippen LogP contribution in [0, 0.1) is 13.8 Å². The molecule has 0 radical (unpaired) electrons. The lowest BCUT2D eigenvalue weighted by atomic mass is 9.90. The summed E-state index contributed by atoms with van der Waals surface area (Å²) in [6, 6.07) is 12.9. The van der Waals surface area contributed by atoms with Crippen LogP contribution in [0.5, 0.6) is 0 Å². The molecule has 2 aromatic carbocycles. The van der Waals surface area contributed by atoms with Crippen LogP contribution in [-0.4, -0.2) is 29.3 Å². The van der Waals surface area contributed by atoms with Crippen molar-refractivity contribution in [2.45, 2.75) is 59.0 Å². The molecular weight excluding hydrogens is 390 g/mol. The van der Waals surface area contributed by atoms with Gasteiger partial charge in [0.25, 0.3) is 5.91 Å². The van der Waals surface area contributed by atoms with E-state index in [1.54, 1.807) is 6.92 Å². The van der Waals surface area contributed by atoms with Crippen molar-refractivity contribution in [2.24, 2.45) is 0 Å². The normalized spacial score (nSPS) is 19.5. The van der Waals surface area contributed by atoms with E-state index >= 15 is 0 Å². The van der Waals surface area contributed by atoms with Crippen molar-refractivity contribution in [3.63, 3.8) is 0 Å². The second-order valence-electron chi connectivity index (χ2n) is 8.86. The molecule has 0 bridgehead atoms. The third-order valence-corrected chi connectivity index (χ3v) is 6.14. The maximum Gasteiger partial charge on any atom is 0.325 e. The number of rotatable bonds is 6. The van der Waals surface area contributed by atoms with Crippen LogP contribution in [0.4, 0.5) is 4.79 Å². The summed E-state index contributed by atoms with van der Waals surface area (Å²) in [5.41, 5.74) is 3.97. The van der Waals surface area contributed by atoms with Gasteiger partial charge >= 0.3 is 6.03 Å². The summed E-state index contributed by atoms with van der Waals surface area (Å²) in [5.74, 6) is -0.437. The first-order chi connectivity index (χ1) is 14.5. The van der Waals surface area contributed by atoms with E-state index in [0.717, 1.165) is 21.6 Å². The number of imide groups is 1. The van der Waals surface area contributed by atoms with Crippen LogP contribution >= 0.6 is 0 Å². The van der Waals surface area contributed by atoms with E-state index in [1.807, 2.05) is 63.2 Å². The fourth-order valence-corrected chi connectivity index (χ4v) is 3.79. The Balaban J connectivity index is 1.70. The molecule has 164 valence electrons. The van der Waals surface area contributed by atoms with E-state index in [4.69, 9.17) is 0 Å². The first-order valence-corrected chi connectivity index (χ1v) is 10.6. The average molecular weight is 422 g/mol. The van der Waals surface area contributed by atoms with Crippen LogP contribution in [-0.2, 0) is 15.1 Å². The molecular formula is C25H31N3O3. The number of hydrogen-bond donors (Lipinski definition) is 2. The highest BCUT2D eigenvalue weighted by molar-refractivity contribution is 6.09. The van der Waals surface area contributed by atoms with E-state index in [2.05, 4.69) is 24.5 Å². The molecule has 3 rings (SSSR count). The molecule has 31 heavy (non-hydrogen) atoms. The van der Waals surface area contributed by atoms with Crippen LogP contribution in [0.15, 0.2) is 42.5 Å². The minimum absolute atomic E-state index is 0.234. The van der Waals surface area contributed by atoms with Crippen LogP contribution < -0.4 is 10.6 Å². The molecule has 0 aliphatic carbocycles. The summed E-state index contributed by atoms with van der Waals surface area (Å²) in [6.45, 7) is 11.5. The van der Waals surface area contributed by atoms with Gasteiger partial charge in [-0.15, -0.1) is 0 Å². The van der Waals surface area contributed by atoms with Crippen LogP contribution in [0.3, 0.4) is 0 Å². The summed E-state index contributed by atoms with van der Waals surface area (Å²) < 4.78 is 0. The van der Waals surface area contributed by atoms with Crippen molar-refractivity contribution in [1.29, 1.82) is 0 Å². The summed E-state index contributed by atoms with van der Waals surface area (Å²) in [6.07, 6.45) is 0. The zero-order valence-corrected chi connectivity index (χ0v) is 19.1. The number of nitrogens with one attached hydrogen (secondary N) is 2. The van der Waals surface area contributed by atoms with Gasteiger partial charge in [0.1, 0.15) is 12.1 Å². The molecule has 2 N–H and O–H groups in total. The number of benzene rings is 2. The van der Waals surface area contributed by atoms with Crippen molar-refractivity contribution < 1.29 is 14.4 Å². The van der Waals surface area contributed by atoms with Gasteiger partial charge in [-0.2, -0.15) is 0 Å². The standard InChI is InChI=1S/C25H31N3O3/c1-15(2)19-9-11-21(12-10-19)25(6)23(30)28(24(31)27-25)14-22(29)26-18(5)20-8-7-16(3)17(4)13-20/h7-13,15,18H,14H2,1-6H3,(H,26,29)(H,27,31)/t18-,25+/m0/s1. The predicted octanol–water partition coefficient (Wildman–Crippen LogP) is 4.07. The van der Waals surface area contributed by atoms with Crippen molar-refractivity contribution in [1.82, 2.24) is 15.5 Å². The Bertz CT molecular complexity index is 1010. The number of amides is 4. The molecule has 6 heteroatoms. The lowest BCUT2D eigenvalue weighted by molar-refractivity contribution is -0.135. The third-order valence-electron chi connectivity index (χ3n) is 6.14. The Kier molecular flexibility index (Phi) is 6.20. The number of urea groups is 1. The zero-order valence-electron chi connectivity index (χ0n) is 19.1. The number of carbonyl (C=O) groups excluding carboxylic acids is 3. The smallest absolute Gasteiger partial charge is 0.325 e. The molecule has 0 spiro atoms. The quantitative estimate of drug-likeness (QED) is 0.690. The lowest BCUT2D eigenvalue weighted by Crippen LogP contribution is -2.43. The van der Waals surface area contributed by atoms with Gasteiger partial charge in [-0.3, -0.25) is 14.5 Å². The molecule has 0 saturated carbocycles. The van der Waals surface area contributed by atoms with Crippen LogP contribution in [0.2, 0.25) is 0 Å². The maximum atomic E-state index is 13.1. The van der Waals surface area contributed by atoms with E-state index in [0.29, 0.717) is 11.5 Å². The van der Waals surface area contributed by atoms with Crippen LogP contribution in [0.1, 0.15) is 67.5 Å². The minimum atomic E-state index is -1.19. The third kappa shape index (κ3) is 4.48. The molecule has 0 unspecified atom stereocenters. The molecule has 1 heterocycles. The highest BCUT2D eigenvalue weighted by Crippen LogP contribution is 2.30. The molecule has 1 aliphatic rings. The molecule has 1 fully saturated rings. The molecule has 2 atom stereocenters. The fourth-order valence-electron chi connectivity index (χ4n) is 3.79. The first kappa shape index (κ1) is 22.5. The topological polar surface area (TPSA) is 78.5 Å². The maximum absolute atomic E-state index is 13.1. The highest BCUT2D eigenvalue weighted by Gasteiger charge is 2.49. The van der Waals surface area contributed by atoms with Crippen molar-refractivity contribution in [2.75, 3.05) is 6.54 Å². The number of carbonyl (C=O) groups is 3. The summed E-state index contributed by atoms with van der Waals surface area (Å²) in [5, 5.41) is 5.64. The van der Waals surface area contributed by atoms with Gasteiger partial charge < -0.3 is 10.6 Å². The van der Waals surface area contributed by atoms with Crippen molar-refractivity contribution in [3.8, 4) is 0 Å². The highest BCUT2D eigenvalue weighted by atomic mass is 16.2. The van der Waals surface area contributed by atoms with Gasteiger partial charge in [0, 0.05) is 0 Å². The van der Waals surface area contributed by atoms with E-state index in [-0.39, 0.29) is 18.5 Å². The second kappa shape index (κ2) is 8.53. The summed E-state index contributed by atoms with van der Waals surface area (Å²) >= 11 is 0. The molecule has 0 aromatic heterocycles. The predicted molar refractivity (Wildman–Crippen MR) is 121 cm³/mol. The Morgan fingerprint density at radius 1 is 1.00 bits per heavy atom. The van der Waals surface area contributed by atoms with Gasteiger partial charge in [0.05, 0.1) is 6.04 Å². The molecule has 1 aliphatic heterocycles. The van der Waals surface area contributed by atoms with Gasteiger partial charge in [0.15, 0.2) is 0 Å². The van der Waals surface area contributed by atoms with E-state index in [1.165, 1.54) is 5.56 Å². The van der Waals surface area contributed by atoms with Gasteiger partial charge in [0.2, 0.25) is 5.91 Å². The lowest BCUT2D eigenvalue weighted by Gasteiger charge is -2.23.